The fourth-order valence-electron chi connectivity index (χ4n) is 4.64. The number of aliphatic hydroxyl groups excluding tert-OH is 1. The second kappa shape index (κ2) is 10.9. The maximum atomic E-state index is 12.7. The number of carbonyl (C=O) groups is 1. The van der Waals surface area contributed by atoms with E-state index in [-0.39, 0.29) is 24.7 Å². The number of halogens is 1. The van der Waals surface area contributed by atoms with Gasteiger partial charge in [0.1, 0.15) is 11.8 Å². The van der Waals surface area contributed by atoms with E-state index in [4.69, 9.17) is 21.6 Å². The quantitative estimate of drug-likeness (QED) is 0.651. The third-order valence-corrected chi connectivity index (χ3v) is 7.05. The summed E-state index contributed by atoms with van der Waals surface area (Å²) in [7, 11) is 0. The highest BCUT2D eigenvalue weighted by Crippen LogP contribution is 2.28. The predicted molar refractivity (Wildman–Crippen MR) is 129 cm³/mol. The summed E-state index contributed by atoms with van der Waals surface area (Å²) >= 11 is 6.09. The number of amides is 1. The molecule has 7 heteroatoms. The lowest BCUT2D eigenvalue weighted by atomic mass is 9.92. The second-order valence-corrected chi connectivity index (χ2v) is 9.39. The molecule has 33 heavy (non-hydrogen) atoms. The van der Waals surface area contributed by atoms with E-state index in [0.29, 0.717) is 27.8 Å². The summed E-state index contributed by atoms with van der Waals surface area (Å²) in [5, 5.41) is 21.9. The van der Waals surface area contributed by atoms with Crippen LogP contribution in [0, 0.1) is 17.2 Å². The van der Waals surface area contributed by atoms with Crippen molar-refractivity contribution in [3.63, 3.8) is 0 Å². The molecule has 0 unspecified atom stereocenters. The third kappa shape index (κ3) is 5.98. The first-order valence-electron chi connectivity index (χ1n) is 11.7. The zero-order chi connectivity index (χ0) is 23.2. The number of ether oxygens (including phenoxy) is 1. The average molecular weight is 468 g/mol. The second-order valence-electron chi connectivity index (χ2n) is 8.98. The van der Waals surface area contributed by atoms with Crippen LogP contribution >= 0.6 is 11.6 Å². The van der Waals surface area contributed by atoms with Crippen LogP contribution in [0.3, 0.4) is 0 Å². The third-order valence-electron chi connectivity index (χ3n) is 6.74. The molecule has 2 aliphatic rings. The Labute approximate surface area is 200 Å². The molecule has 1 saturated heterocycles. The van der Waals surface area contributed by atoms with Gasteiger partial charge in [-0.15, -0.1) is 0 Å². The Balaban J connectivity index is 1.24. The molecule has 4 rings (SSSR count). The van der Waals surface area contributed by atoms with Crippen molar-refractivity contribution in [3.8, 4) is 11.8 Å². The Morgan fingerprint density at radius 1 is 1.09 bits per heavy atom. The van der Waals surface area contributed by atoms with Crippen molar-refractivity contribution in [3.05, 3.63) is 58.6 Å². The van der Waals surface area contributed by atoms with Crippen molar-refractivity contribution in [1.29, 1.82) is 5.26 Å². The molecule has 1 saturated carbocycles. The van der Waals surface area contributed by atoms with Crippen LogP contribution in [0.2, 0.25) is 5.02 Å². The van der Waals surface area contributed by atoms with E-state index in [1.54, 1.807) is 18.2 Å². The van der Waals surface area contributed by atoms with Gasteiger partial charge in [0.05, 0.1) is 16.7 Å². The van der Waals surface area contributed by atoms with Crippen molar-refractivity contribution < 1.29 is 14.6 Å². The number of hydrogen-bond donors (Lipinski definition) is 2. The van der Waals surface area contributed by atoms with Crippen LogP contribution in [0.4, 0.5) is 5.69 Å². The van der Waals surface area contributed by atoms with E-state index < -0.39 is 0 Å². The van der Waals surface area contributed by atoms with Crippen molar-refractivity contribution in [1.82, 2.24) is 5.32 Å². The molecule has 174 valence electrons. The number of nitrogens with zero attached hydrogens (tertiary/aromatic N) is 2. The highest BCUT2D eigenvalue weighted by atomic mass is 35.5. The van der Waals surface area contributed by atoms with Gasteiger partial charge < -0.3 is 20.1 Å². The maximum absolute atomic E-state index is 12.7. The number of aliphatic hydroxyl groups is 1. The summed E-state index contributed by atoms with van der Waals surface area (Å²) < 4.78 is 6.03. The monoisotopic (exact) mass is 467 g/mol. The predicted octanol–water partition coefficient (Wildman–Crippen LogP) is 4.54. The van der Waals surface area contributed by atoms with Gasteiger partial charge >= 0.3 is 0 Å². The summed E-state index contributed by atoms with van der Waals surface area (Å²) in [5.41, 5.74) is 2.24. The van der Waals surface area contributed by atoms with Gasteiger partial charge in [0.2, 0.25) is 0 Å². The van der Waals surface area contributed by atoms with E-state index in [0.717, 1.165) is 57.3 Å². The van der Waals surface area contributed by atoms with Gasteiger partial charge in [-0.2, -0.15) is 5.26 Å². The molecule has 0 aromatic heterocycles. The van der Waals surface area contributed by atoms with Crippen LogP contribution in [-0.4, -0.2) is 42.9 Å². The number of nitrogens with one attached hydrogen (secondary N) is 1. The standard InChI is InChI=1S/C26H30ClN3O3/c27-25-15-24(8-3-20(25)16-28)33-23-9-4-21(5-10-23)29-26(32)19-1-6-22(7-2-19)30-13-11-18(17-31)12-14-30/h1-3,6-8,15,18,21,23,31H,4-5,9-14,17H2,(H,29,32)/t21-,23-. The summed E-state index contributed by atoms with van der Waals surface area (Å²) in [4.78, 5) is 15.0. The van der Waals surface area contributed by atoms with Crippen LogP contribution in [0.25, 0.3) is 0 Å². The summed E-state index contributed by atoms with van der Waals surface area (Å²) in [6.07, 6.45) is 5.51. The van der Waals surface area contributed by atoms with E-state index in [9.17, 15) is 9.90 Å². The molecule has 6 nitrogen and oxygen atoms in total. The Morgan fingerprint density at radius 2 is 1.79 bits per heavy atom. The number of anilines is 1. The summed E-state index contributed by atoms with van der Waals surface area (Å²) in [5.74, 6) is 1.05. The molecule has 1 amide bonds. The number of benzene rings is 2. The lowest BCUT2D eigenvalue weighted by molar-refractivity contribution is 0.0894. The van der Waals surface area contributed by atoms with E-state index in [2.05, 4.69) is 10.2 Å². The van der Waals surface area contributed by atoms with Crippen LogP contribution in [-0.2, 0) is 0 Å². The summed E-state index contributed by atoms with van der Waals surface area (Å²) in [6.45, 7) is 2.15. The van der Waals surface area contributed by atoms with Gasteiger partial charge in [0.15, 0.2) is 0 Å². The van der Waals surface area contributed by atoms with Crippen molar-refractivity contribution in [2.45, 2.75) is 50.7 Å². The Bertz CT molecular complexity index is 989. The first-order chi connectivity index (χ1) is 16.1. The Morgan fingerprint density at radius 3 is 2.39 bits per heavy atom. The lowest BCUT2D eigenvalue weighted by Crippen LogP contribution is -2.39. The Hall–Kier alpha value is -2.75. The molecule has 1 heterocycles. The molecule has 0 bridgehead atoms. The van der Waals surface area contributed by atoms with Gasteiger partial charge in [-0.25, -0.2) is 0 Å². The molecule has 2 aromatic rings. The number of rotatable bonds is 6. The number of hydrogen-bond acceptors (Lipinski definition) is 5. The van der Waals surface area contributed by atoms with Gasteiger partial charge in [0.25, 0.3) is 5.91 Å². The smallest absolute Gasteiger partial charge is 0.251 e. The van der Waals surface area contributed by atoms with Gasteiger partial charge in [0, 0.05) is 43.1 Å². The minimum absolute atomic E-state index is 0.0382. The van der Waals surface area contributed by atoms with Crippen molar-refractivity contribution >= 4 is 23.2 Å². The van der Waals surface area contributed by atoms with Gasteiger partial charge in [-0.3, -0.25) is 4.79 Å². The molecule has 0 atom stereocenters. The highest BCUT2D eigenvalue weighted by molar-refractivity contribution is 6.31. The van der Waals surface area contributed by atoms with Crippen LogP contribution < -0.4 is 15.0 Å². The van der Waals surface area contributed by atoms with E-state index >= 15 is 0 Å². The number of carbonyl (C=O) groups excluding carboxylic acids is 1. The molecular weight excluding hydrogens is 438 g/mol. The van der Waals surface area contributed by atoms with Crippen molar-refractivity contribution in [2.75, 3.05) is 24.6 Å². The molecule has 1 aliphatic carbocycles. The zero-order valence-corrected chi connectivity index (χ0v) is 19.4. The van der Waals surface area contributed by atoms with Gasteiger partial charge in [-0.1, -0.05) is 11.6 Å². The minimum Gasteiger partial charge on any atom is -0.490 e. The zero-order valence-electron chi connectivity index (χ0n) is 18.7. The topological polar surface area (TPSA) is 85.6 Å². The molecule has 2 aromatic carbocycles. The number of nitriles is 1. The first kappa shape index (κ1) is 23.4. The van der Waals surface area contributed by atoms with E-state index in [1.165, 1.54) is 0 Å². The fourth-order valence-corrected chi connectivity index (χ4v) is 4.86. The molecule has 2 fully saturated rings. The summed E-state index contributed by atoms with van der Waals surface area (Å²) in [6, 6.07) is 15.1. The first-order valence-corrected chi connectivity index (χ1v) is 12.1. The van der Waals surface area contributed by atoms with Crippen LogP contribution in [0.15, 0.2) is 42.5 Å². The Kier molecular flexibility index (Phi) is 7.74. The highest BCUT2D eigenvalue weighted by Gasteiger charge is 2.24. The minimum atomic E-state index is -0.0382. The SMILES string of the molecule is N#Cc1ccc(O[C@H]2CC[C@H](NC(=O)c3ccc(N4CCC(CO)CC4)cc3)CC2)cc1Cl. The fraction of sp³-hybridized carbons (Fsp3) is 0.462. The maximum Gasteiger partial charge on any atom is 0.251 e. The average Bonchev–Trinajstić information content (AvgIpc) is 2.85. The number of piperidine rings is 1. The van der Waals surface area contributed by atoms with Crippen molar-refractivity contribution in [2.24, 2.45) is 5.92 Å². The molecule has 0 radical (unpaired) electrons. The molecule has 2 N–H and O–H groups in total. The molecule has 1 aliphatic heterocycles. The van der Waals surface area contributed by atoms with Gasteiger partial charge in [-0.05, 0) is 80.8 Å². The normalized spacial score (nSPS) is 21.3. The molecular formula is C26H30ClN3O3. The largest absolute Gasteiger partial charge is 0.490 e. The van der Waals surface area contributed by atoms with E-state index in [1.807, 2.05) is 30.3 Å². The van der Waals surface area contributed by atoms with Crippen LogP contribution in [0.1, 0.15) is 54.4 Å². The molecule has 0 spiro atoms. The lowest BCUT2D eigenvalue weighted by Gasteiger charge is -2.33. The van der Waals surface area contributed by atoms with Crippen LogP contribution in [0.5, 0.6) is 5.75 Å².